The molecule has 0 N–H and O–H groups in total. The molecule has 24 heavy (non-hydrogen) atoms. The molecule has 2 aliphatic carbocycles. The van der Waals surface area contributed by atoms with Crippen LogP contribution in [-0.2, 0) is 19.2 Å². The van der Waals surface area contributed by atoms with Gasteiger partial charge in [-0.15, -0.1) is 0 Å². The first-order valence-electron chi connectivity index (χ1n) is 9.08. The normalized spacial score (nSPS) is 42.6. The zero-order chi connectivity index (χ0) is 17.2. The Hall–Kier alpha value is -1.72. The molecule has 4 aliphatic rings. The Morgan fingerprint density at radius 2 is 1.12 bits per heavy atom. The van der Waals surface area contributed by atoms with E-state index in [2.05, 4.69) is 6.92 Å². The topological polar surface area (TPSA) is 74.8 Å². The van der Waals surface area contributed by atoms with E-state index in [1.54, 1.807) is 0 Å². The molecule has 6 heteroatoms. The number of carbonyl (C=O) groups is 4. The molecule has 4 fully saturated rings. The van der Waals surface area contributed by atoms with Crippen LogP contribution in [0.5, 0.6) is 0 Å². The highest BCUT2D eigenvalue weighted by molar-refractivity contribution is 6.09. The van der Waals surface area contributed by atoms with Crippen molar-refractivity contribution in [2.45, 2.75) is 51.5 Å². The Morgan fingerprint density at radius 1 is 0.708 bits per heavy atom. The summed E-state index contributed by atoms with van der Waals surface area (Å²) in [5.74, 6) is -1.54. The molecule has 0 aromatic carbocycles. The third-order valence-electron chi connectivity index (χ3n) is 6.74. The molecule has 2 heterocycles. The van der Waals surface area contributed by atoms with Gasteiger partial charge in [-0.05, 0) is 44.4 Å². The Kier molecular flexibility index (Phi) is 3.55. The van der Waals surface area contributed by atoms with E-state index in [1.807, 2.05) is 0 Å². The van der Waals surface area contributed by atoms with E-state index in [1.165, 1.54) is 16.8 Å². The second kappa shape index (κ2) is 5.39. The zero-order valence-electron chi connectivity index (χ0n) is 14.2. The summed E-state index contributed by atoms with van der Waals surface area (Å²) in [4.78, 5) is 52.9. The van der Waals surface area contributed by atoms with E-state index in [0.29, 0.717) is 18.8 Å². The molecule has 2 saturated carbocycles. The maximum atomic E-state index is 12.9. The number of hydrogen-bond acceptors (Lipinski definition) is 4. The summed E-state index contributed by atoms with van der Waals surface area (Å²) < 4.78 is 0. The predicted molar refractivity (Wildman–Crippen MR) is 84.2 cm³/mol. The van der Waals surface area contributed by atoms with E-state index >= 15 is 0 Å². The van der Waals surface area contributed by atoms with Crippen LogP contribution in [0.3, 0.4) is 0 Å². The van der Waals surface area contributed by atoms with E-state index in [9.17, 15) is 19.2 Å². The molecule has 4 amide bonds. The molecule has 2 aliphatic heterocycles. The average molecular weight is 332 g/mol. The number of amides is 4. The molecule has 2 saturated heterocycles. The highest BCUT2D eigenvalue weighted by Crippen LogP contribution is 2.48. The second-order valence-electron chi connectivity index (χ2n) is 8.09. The number of likely N-dealkylation sites (tertiary alicyclic amines) is 2. The van der Waals surface area contributed by atoms with Crippen molar-refractivity contribution in [2.75, 3.05) is 7.05 Å². The lowest BCUT2D eigenvalue weighted by Crippen LogP contribution is -2.42. The number of fused-ring (bicyclic) bond motifs is 2. The summed E-state index contributed by atoms with van der Waals surface area (Å²) >= 11 is 0. The van der Waals surface area contributed by atoms with Gasteiger partial charge >= 0.3 is 0 Å². The lowest BCUT2D eigenvalue weighted by molar-refractivity contribution is -0.143. The molecular formula is C18H24N2O4. The van der Waals surface area contributed by atoms with Gasteiger partial charge in [0.2, 0.25) is 23.6 Å². The van der Waals surface area contributed by atoms with Crippen LogP contribution < -0.4 is 0 Å². The SMILES string of the molecule is CC1CCC(N2C(=O)C3CC4C(=O)N(C)C(=O)C4CC3C2=O)CC1. The van der Waals surface area contributed by atoms with Gasteiger partial charge in [-0.25, -0.2) is 0 Å². The van der Waals surface area contributed by atoms with Crippen molar-refractivity contribution in [3.63, 3.8) is 0 Å². The zero-order valence-corrected chi connectivity index (χ0v) is 14.2. The molecular weight excluding hydrogens is 308 g/mol. The summed E-state index contributed by atoms with van der Waals surface area (Å²) in [7, 11) is 1.50. The number of carbonyl (C=O) groups excluding carboxylic acids is 4. The highest BCUT2D eigenvalue weighted by atomic mass is 16.2. The van der Waals surface area contributed by atoms with Gasteiger partial charge in [-0.3, -0.25) is 29.0 Å². The van der Waals surface area contributed by atoms with Crippen molar-refractivity contribution in [3.8, 4) is 0 Å². The third kappa shape index (κ3) is 2.07. The van der Waals surface area contributed by atoms with Gasteiger partial charge < -0.3 is 0 Å². The molecule has 4 atom stereocenters. The van der Waals surface area contributed by atoms with Gasteiger partial charge in [0.25, 0.3) is 0 Å². The number of imide groups is 2. The molecule has 4 unspecified atom stereocenters. The standard InChI is InChI=1S/C18H24N2O4/c1-9-3-5-10(6-4-9)20-17(23)13-7-11-12(8-14(13)18(20)24)16(22)19(2)15(11)21/h9-14H,3-8H2,1-2H3. The Balaban J connectivity index is 1.56. The molecule has 130 valence electrons. The molecule has 0 aromatic rings. The fourth-order valence-corrected chi connectivity index (χ4v) is 5.23. The van der Waals surface area contributed by atoms with Crippen LogP contribution in [0.25, 0.3) is 0 Å². The van der Waals surface area contributed by atoms with Crippen molar-refractivity contribution < 1.29 is 19.2 Å². The third-order valence-corrected chi connectivity index (χ3v) is 6.74. The summed E-state index contributed by atoms with van der Waals surface area (Å²) in [6.07, 6.45) is 4.56. The fraction of sp³-hybridized carbons (Fsp3) is 0.778. The van der Waals surface area contributed by atoms with Crippen molar-refractivity contribution in [2.24, 2.45) is 29.6 Å². The van der Waals surface area contributed by atoms with E-state index in [0.717, 1.165) is 25.7 Å². The number of nitrogens with zero attached hydrogens (tertiary/aromatic N) is 2. The van der Waals surface area contributed by atoms with Crippen molar-refractivity contribution >= 4 is 23.6 Å². The largest absolute Gasteiger partial charge is 0.285 e. The van der Waals surface area contributed by atoms with Crippen molar-refractivity contribution in [1.29, 1.82) is 0 Å². The molecule has 6 nitrogen and oxygen atoms in total. The van der Waals surface area contributed by atoms with Crippen LogP contribution in [0.1, 0.15) is 45.4 Å². The monoisotopic (exact) mass is 332 g/mol. The fourth-order valence-electron chi connectivity index (χ4n) is 5.23. The van der Waals surface area contributed by atoms with E-state index in [4.69, 9.17) is 0 Å². The summed E-state index contributed by atoms with van der Waals surface area (Å²) in [6, 6.07) is 0.0146. The van der Waals surface area contributed by atoms with Gasteiger partial charge in [0.15, 0.2) is 0 Å². The predicted octanol–water partition coefficient (Wildman–Crippen LogP) is 1.19. The van der Waals surface area contributed by atoms with Gasteiger partial charge in [0.05, 0.1) is 23.7 Å². The quantitative estimate of drug-likeness (QED) is 0.676. The minimum absolute atomic E-state index is 0.0146. The van der Waals surface area contributed by atoms with Crippen LogP contribution in [0.2, 0.25) is 0 Å². The lowest BCUT2D eigenvalue weighted by atomic mass is 9.70. The lowest BCUT2D eigenvalue weighted by Gasteiger charge is -2.32. The van der Waals surface area contributed by atoms with Crippen LogP contribution >= 0.6 is 0 Å². The summed E-state index contributed by atoms with van der Waals surface area (Å²) in [5, 5.41) is 0. The molecule has 0 bridgehead atoms. The van der Waals surface area contributed by atoms with Crippen LogP contribution in [-0.4, -0.2) is 46.5 Å². The Morgan fingerprint density at radius 3 is 1.58 bits per heavy atom. The van der Waals surface area contributed by atoms with E-state index in [-0.39, 0.29) is 29.7 Å². The Labute approximate surface area is 141 Å². The number of rotatable bonds is 1. The van der Waals surface area contributed by atoms with Crippen LogP contribution in [0, 0.1) is 29.6 Å². The van der Waals surface area contributed by atoms with Crippen molar-refractivity contribution in [1.82, 2.24) is 9.80 Å². The van der Waals surface area contributed by atoms with Crippen molar-refractivity contribution in [3.05, 3.63) is 0 Å². The summed E-state index contributed by atoms with van der Waals surface area (Å²) in [6.45, 7) is 2.21. The smallest absolute Gasteiger partial charge is 0.233 e. The molecule has 0 radical (unpaired) electrons. The van der Waals surface area contributed by atoms with Crippen LogP contribution in [0.15, 0.2) is 0 Å². The first kappa shape index (κ1) is 15.8. The summed E-state index contributed by atoms with van der Waals surface area (Å²) in [5.41, 5.74) is 0. The van der Waals surface area contributed by atoms with Gasteiger partial charge in [-0.2, -0.15) is 0 Å². The van der Waals surface area contributed by atoms with Crippen LogP contribution in [0.4, 0.5) is 0 Å². The molecule has 0 spiro atoms. The minimum atomic E-state index is -0.410. The Bertz CT molecular complexity index is 581. The average Bonchev–Trinajstić information content (AvgIpc) is 2.94. The second-order valence-corrected chi connectivity index (χ2v) is 8.09. The van der Waals surface area contributed by atoms with Gasteiger partial charge in [0.1, 0.15) is 0 Å². The maximum Gasteiger partial charge on any atom is 0.233 e. The minimum Gasteiger partial charge on any atom is -0.285 e. The first-order chi connectivity index (χ1) is 11.4. The maximum absolute atomic E-state index is 12.9. The molecule has 4 rings (SSSR count). The van der Waals surface area contributed by atoms with Gasteiger partial charge in [-0.1, -0.05) is 6.92 Å². The first-order valence-corrected chi connectivity index (χ1v) is 9.08. The van der Waals surface area contributed by atoms with E-state index < -0.39 is 23.7 Å². The number of hydrogen-bond donors (Lipinski definition) is 0. The molecule has 0 aromatic heterocycles. The highest BCUT2D eigenvalue weighted by Gasteiger charge is 2.59. The van der Waals surface area contributed by atoms with Gasteiger partial charge in [0, 0.05) is 13.1 Å².